The van der Waals surface area contributed by atoms with Gasteiger partial charge in [0.2, 0.25) is 0 Å². The minimum absolute atomic E-state index is 0.0183. The molecule has 1 aliphatic carbocycles. The number of nitrogens with two attached hydrogens (primary N) is 1. The average Bonchev–Trinajstić information content (AvgIpc) is 2.94. The summed E-state index contributed by atoms with van der Waals surface area (Å²) in [4.78, 5) is 19.7. The minimum Gasteiger partial charge on any atom is -0.352 e. The van der Waals surface area contributed by atoms with E-state index in [1.165, 1.54) is 39.2 Å². The maximum Gasteiger partial charge on any atom is 0.251 e. The van der Waals surface area contributed by atoms with E-state index in [0.717, 1.165) is 23.4 Å². The van der Waals surface area contributed by atoms with Crippen LogP contribution in [0.1, 0.15) is 48.3 Å². The first-order valence-corrected chi connectivity index (χ1v) is 8.05. The van der Waals surface area contributed by atoms with E-state index in [1.807, 2.05) is 25.1 Å². The minimum atomic E-state index is 0.0183. The molecule has 0 bridgehead atoms. The predicted octanol–water partition coefficient (Wildman–Crippen LogP) is 2.76. The zero-order valence-electron chi connectivity index (χ0n) is 13.5. The maximum atomic E-state index is 12.2. The predicted molar refractivity (Wildman–Crippen MR) is 89.9 cm³/mol. The Kier molecular flexibility index (Phi) is 5.95. The molecular formula is C17H26N4O. The molecule has 2 aromatic rings. The summed E-state index contributed by atoms with van der Waals surface area (Å²) >= 11 is 0. The molecule has 3 rings (SSSR count). The molecule has 1 aromatic heterocycles. The van der Waals surface area contributed by atoms with Gasteiger partial charge in [-0.3, -0.25) is 4.79 Å². The standard InChI is InChI=1S/C16H21N3O.CH5N/c1-11-18-14-8-7-13(9-15(14)19-11)16(20)17-10-12-5-3-2-4-6-12;1-2/h7-9,12H,2-6,10H2,1H3,(H,17,20)(H,18,19);2H2,1H3. The van der Waals surface area contributed by atoms with Crippen LogP contribution in [0, 0.1) is 12.8 Å². The van der Waals surface area contributed by atoms with Gasteiger partial charge in [-0.25, -0.2) is 4.98 Å². The highest BCUT2D eigenvalue weighted by molar-refractivity contribution is 5.97. The van der Waals surface area contributed by atoms with E-state index in [2.05, 4.69) is 21.0 Å². The lowest BCUT2D eigenvalue weighted by Crippen LogP contribution is -2.30. The van der Waals surface area contributed by atoms with Gasteiger partial charge in [-0.1, -0.05) is 19.3 Å². The fourth-order valence-corrected chi connectivity index (χ4v) is 3.01. The Bertz CT molecular complexity index is 614. The molecule has 120 valence electrons. The summed E-state index contributed by atoms with van der Waals surface area (Å²) in [6.07, 6.45) is 6.46. The van der Waals surface area contributed by atoms with E-state index in [4.69, 9.17) is 0 Å². The van der Waals surface area contributed by atoms with Gasteiger partial charge in [0.25, 0.3) is 5.91 Å². The summed E-state index contributed by atoms with van der Waals surface area (Å²) in [5.74, 6) is 1.55. The van der Waals surface area contributed by atoms with Crippen LogP contribution in [0.15, 0.2) is 18.2 Å². The number of fused-ring (bicyclic) bond motifs is 1. The van der Waals surface area contributed by atoms with E-state index < -0.39 is 0 Å². The van der Waals surface area contributed by atoms with Crippen molar-refractivity contribution in [3.63, 3.8) is 0 Å². The van der Waals surface area contributed by atoms with Gasteiger partial charge in [-0.15, -0.1) is 0 Å². The second-order valence-electron chi connectivity index (χ2n) is 5.77. The molecule has 1 aliphatic rings. The van der Waals surface area contributed by atoms with E-state index in [9.17, 15) is 4.79 Å². The molecule has 1 heterocycles. The number of nitrogens with zero attached hydrogens (tertiary/aromatic N) is 1. The van der Waals surface area contributed by atoms with Crippen LogP contribution >= 0.6 is 0 Å². The third kappa shape index (κ3) is 4.07. The van der Waals surface area contributed by atoms with Gasteiger partial charge in [0, 0.05) is 12.1 Å². The number of imidazole rings is 1. The molecule has 1 aromatic carbocycles. The highest BCUT2D eigenvalue weighted by Gasteiger charge is 2.15. The van der Waals surface area contributed by atoms with Crippen LogP contribution < -0.4 is 11.1 Å². The SMILES string of the molecule is CN.Cc1nc2ccc(C(=O)NCC3CCCCC3)cc2[nH]1. The number of carbonyl (C=O) groups is 1. The highest BCUT2D eigenvalue weighted by atomic mass is 16.1. The van der Waals surface area contributed by atoms with Crippen molar-refractivity contribution in [2.24, 2.45) is 11.7 Å². The molecule has 0 atom stereocenters. The first kappa shape index (κ1) is 16.5. The zero-order valence-corrected chi connectivity index (χ0v) is 13.5. The van der Waals surface area contributed by atoms with Gasteiger partial charge in [0.05, 0.1) is 11.0 Å². The van der Waals surface area contributed by atoms with E-state index >= 15 is 0 Å². The average molecular weight is 302 g/mol. The van der Waals surface area contributed by atoms with Crippen molar-refractivity contribution in [3.05, 3.63) is 29.6 Å². The molecule has 1 fully saturated rings. The van der Waals surface area contributed by atoms with Gasteiger partial charge in [0.15, 0.2) is 0 Å². The Morgan fingerprint density at radius 1 is 1.32 bits per heavy atom. The van der Waals surface area contributed by atoms with Crippen molar-refractivity contribution in [1.82, 2.24) is 15.3 Å². The van der Waals surface area contributed by atoms with Crippen LogP contribution in [0.25, 0.3) is 11.0 Å². The molecule has 1 amide bonds. The lowest BCUT2D eigenvalue weighted by atomic mass is 9.89. The van der Waals surface area contributed by atoms with Crippen LogP contribution in [0.3, 0.4) is 0 Å². The fourth-order valence-electron chi connectivity index (χ4n) is 3.01. The molecule has 4 N–H and O–H groups in total. The number of benzene rings is 1. The topological polar surface area (TPSA) is 83.8 Å². The number of aromatic nitrogens is 2. The van der Waals surface area contributed by atoms with Crippen molar-refractivity contribution in [1.29, 1.82) is 0 Å². The molecule has 1 saturated carbocycles. The Morgan fingerprint density at radius 3 is 2.77 bits per heavy atom. The van der Waals surface area contributed by atoms with E-state index in [1.54, 1.807) is 0 Å². The third-order valence-corrected chi connectivity index (χ3v) is 4.14. The lowest BCUT2D eigenvalue weighted by molar-refractivity contribution is 0.0943. The first-order chi connectivity index (χ1) is 10.7. The van der Waals surface area contributed by atoms with Crippen LogP contribution in [0.2, 0.25) is 0 Å². The Balaban J connectivity index is 0.000000847. The first-order valence-electron chi connectivity index (χ1n) is 8.05. The number of H-pyrrole nitrogens is 1. The Morgan fingerprint density at radius 2 is 2.05 bits per heavy atom. The van der Waals surface area contributed by atoms with Crippen molar-refractivity contribution in [3.8, 4) is 0 Å². The van der Waals surface area contributed by atoms with Crippen molar-refractivity contribution in [2.45, 2.75) is 39.0 Å². The second-order valence-corrected chi connectivity index (χ2v) is 5.77. The summed E-state index contributed by atoms with van der Waals surface area (Å²) in [6.45, 7) is 2.72. The largest absolute Gasteiger partial charge is 0.352 e. The monoisotopic (exact) mass is 302 g/mol. The third-order valence-electron chi connectivity index (χ3n) is 4.14. The molecule has 0 saturated heterocycles. The van der Waals surface area contributed by atoms with Gasteiger partial charge in [-0.05, 0) is 50.9 Å². The quantitative estimate of drug-likeness (QED) is 0.815. The number of nitrogens with one attached hydrogen (secondary N) is 2. The number of aromatic amines is 1. The Hall–Kier alpha value is -1.88. The van der Waals surface area contributed by atoms with Gasteiger partial charge in [-0.2, -0.15) is 0 Å². The van der Waals surface area contributed by atoms with Crippen molar-refractivity contribution >= 4 is 16.9 Å². The summed E-state index contributed by atoms with van der Waals surface area (Å²) in [5.41, 5.74) is 7.04. The number of hydrogen-bond donors (Lipinski definition) is 3. The van der Waals surface area contributed by atoms with Crippen LogP contribution in [0.4, 0.5) is 0 Å². The molecular weight excluding hydrogens is 276 g/mol. The molecule has 22 heavy (non-hydrogen) atoms. The number of amides is 1. The molecule has 0 aliphatic heterocycles. The zero-order chi connectivity index (χ0) is 15.9. The normalized spacial score (nSPS) is 15.2. The van der Waals surface area contributed by atoms with Crippen LogP contribution in [0.5, 0.6) is 0 Å². The number of aryl methyl sites for hydroxylation is 1. The number of hydrogen-bond acceptors (Lipinski definition) is 3. The molecule has 0 radical (unpaired) electrons. The highest BCUT2D eigenvalue weighted by Crippen LogP contribution is 2.23. The van der Waals surface area contributed by atoms with Crippen LogP contribution in [-0.4, -0.2) is 29.5 Å². The molecule has 5 nitrogen and oxygen atoms in total. The summed E-state index contributed by atoms with van der Waals surface area (Å²) < 4.78 is 0. The van der Waals surface area contributed by atoms with Gasteiger partial charge < -0.3 is 16.0 Å². The Labute approximate surface area is 131 Å². The molecule has 5 heteroatoms. The summed E-state index contributed by atoms with van der Waals surface area (Å²) in [5, 5.41) is 3.07. The summed E-state index contributed by atoms with van der Waals surface area (Å²) in [7, 11) is 1.50. The number of rotatable bonds is 3. The van der Waals surface area contributed by atoms with E-state index in [-0.39, 0.29) is 5.91 Å². The van der Waals surface area contributed by atoms with E-state index in [0.29, 0.717) is 11.5 Å². The van der Waals surface area contributed by atoms with Gasteiger partial charge >= 0.3 is 0 Å². The molecule has 0 unspecified atom stereocenters. The van der Waals surface area contributed by atoms with Gasteiger partial charge in [0.1, 0.15) is 5.82 Å². The van der Waals surface area contributed by atoms with Crippen molar-refractivity contribution in [2.75, 3.05) is 13.6 Å². The molecule has 0 spiro atoms. The maximum absolute atomic E-state index is 12.2. The van der Waals surface area contributed by atoms with Crippen LogP contribution in [-0.2, 0) is 0 Å². The number of carbonyl (C=O) groups excluding carboxylic acids is 1. The second kappa shape index (κ2) is 7.94. The smallest absolute Gasteiger partial charge is 0.251 e. The van der Waals surface area contributed by atoms with Crippen molar-refractivity contribution < 1.29 is 4.79 Å². The fraction of sp³-hybridized carbons (Fsp3) is 0.529. The summed E-state index contributed by atoms with van der Waals surface area (Å²) in [6, 6.07) is 5.62. The lowest BCUT2D eigenvalue weighted by Gasteiger charge is -2.21.